The molecule has 1 fully saturated rings. The van der Waals surface area contributed by atoms with Crippen molar-refractivity contribution in [3.63, 3.8) is 0 Å². The average Bonchev–Trinajstić information content (AvgIpc) is 2.45. The second-order valence-electron chi connectivity index (χ2n) is 4.19. The summed E-state index contributed by atoms with van der Waals surface area (Å²) in [4.78, 5) is 12.7. The molecule has 0 bridgehead atoms. The number of nitrogens with one attached hydrogen (secondary N) is 1. The highest BCUT2D eigenvalue weighted by Crippen LogP contribution is 2.17. The first-order chi connectivity index (χ1) is 6.91. The quantitative estimate of drug-likeness (QED) is 0.684. The summed E-state index contributed by atoms with van der Waals surface area (Å²) in [5, 5.41) is 2.99. The lowest BCUT2D eigenvalue weighted by molar-refractivity contribution is -0.127. The lowest BCUT2D eigenvalue weighted by Crippen LogP contribution is -2.35. The molecule has 1 N–H and O–H groups in total. The molecule has 1 aliphatic rings. The fourth-order valence-electron chi connectivity index (χ4n) is 1.57. The predicted molar refractivity (Wildman–Crippen MR) is 58.3 cm³/mol. The van der Waals surface area contributed by atoms with Crippen LogP contribution in [0.3, 0.4) is 0 Å². The Balaban J connectivity index is 2.20. The Morgan fingerprint density at radius 2 is 2.13 bits per heavy atom. The van der Waals surface area contributed by atoms with E-state index in [0.29, 0.717) is 18.7 Å². The van der Waals surface area contributed by atoms with E-state index in [2.05, 4.69) is 5.32 Å². The number of hydrogen-bond donors (Lipinski definition) is 1. The van der Waals surface area contributed by atoms with E-state index in [-0.39, 0.29) is 24.1 Å². The van der Waals surface area contributed by atoms with Crippen LogP contribution >= 0.6 is 0 Å². The van der Waals surface area contributed by atoms with Crippen molar-refractivity contribution in [1.29, 1.82) is 0 Å². The van der Waals surface area contributed by atoms with E-state index >= 15 is 0 Å². The Hall–Kier alpha value is -0.620. The SMILES string of the molecule is CN(C)C(=O)CNCC1CCS(=O)(=O)C1. The third-order valence-corrected chi connectivity index (χ3v) is 4.37. The molecule has 1 atom stereocenters. The molecule has 1 heterocycles. The molecule has 1 amide bonds. The van der Waals surface area contributed by atoms with Gasteiger partial charge in [-0.05, 0) is 18.9 Å². The summed E-state index contributed by atoms with van der Waals surface area (Å²) in [5.41, 5.74) is 0. The first-order valence-corrected chi connectivity index (χ1v) is 6.84. The number of nitrogens with zero attached hydrogens (tertiary/aromatic N) is 1. The number of rotatable bonds is 4. The molecule has 0 spiro atoms. The predicted octanol–water partition coefficient (Wildman–Crippen LogP) is -0.901. The Labute approximate surface area is 90.7 Å². The van der Waals surface area contributed by atoms with Gasteiger partial charge in [0, 0.05) is 14.1 Å². The molecule has 15 heavy (non-hydrogen) atoms. The molecule has 88 valence electrons. The van der Waals surface area contributed by atoms with Gasteiger partial charge in [0.1, 0.15) is 0 Å². The zero-order chi connectivity index (χ0) is 11.5. The molecular weight excluding hydrogens is 216 g/mol. The van der Waals surface area contributed by atoms with E-state index in [9.17, 15) is 13.2 Å². The summed E-state index contributed by atoms with van der Waals surface area (Å²) in [7, 11) is 0.599. The van der Waals surface area contributed by atoms with Crippen LogP contribution in [0.15, 0.2) is 0 Å². The van der Waals surface area contributed by atoms with Gasteiger partial charge < -0.3 is 10.2 Å². The van der Waals surface area contributed by atoms with Crippen LogP contribution in [-0.4, -0.2) is 57.9 Å². The van der Waals surface area contributed by atoms with Crippen LogP contribution in [0.5, 0.6) is 0 Å². The highest BCUT2D eigenvalue weighted by molar-refractivity contribution is 7.91. The maximum absolute atomic E-state index is 11.2. The van der Waals surface area contributed by atoms with Gasteiger partial charge in [-0.3, -0.25) is 4.79 Å². The van der Waals surface area contributed by atoms with Crippen molar-refractivity contribution in [2.75, 3.05) is 38.7 Å². The summed E-state index contributed by atoms with van der Waals surface area (Å²) < 4.78 is 22.3. The van der Waals surface area contributed by atoms with E-state index in [4.69, 9.17) is 0 Å². The van der Waals surface area contributed by atoms with Crippen LogP contribution in [0.1, 0.15) is 6.42 Å². The first kappa shape index (κ1) is 12.4. The standard InChI is InChI=1S/C9H18N2O3S/c1-11(2)9(12)6-10-5-8-3-4-15(13,14)7-8/h8,10H,3-7H2,1-2H3. The van der Waals surface area contributed by atoms with Crippen LogP contribution in [-0.2, 0) is 14.6 Å². The van der Waals surface area contributed by atoms with Crippen molar-refractivity contribution < 1.29 is 13.2 Å². The normalized spacial score (nSPS) is 24.0. The molecule has 1 saturated heterocycles. The van der Waals surface area contributed by atoms with Gasteiger partial charge in [-0.25, -0.2) is 8.42 Å². The molecule has 0 radical (unpaired) electrons. The van der Waals surface area contributed by atoms with Crippen LogP contribution < -0.4 is 5.32 Å². The second-order valence-corrected chi connectivity index (χ2v) is 6.42. The molecule has 1 rings (SSSR count). The van der Waals surface area contributed by atoms with E-state index in [1.165, 1.54) is 4.90 Å². The lowest BCUT2D eigenvalue weighted by atomic mass is 10.1. The smallest absolute Gasteiger partial charge is 0.236 e. The summed E-state index contributed by atoms with van der Waals surface area (Å²) in [5.74, 6) is 0.734. The van der Waals surface area contributed by atoms with Crippen LogP contribution in [0, 0.1) is 5.92 Å². The fraction of sp³-hybridized carbons (Fsp3) is 0.889. The molecule has 0 aromatic carbocycles. The summed E-state index contributed by atoms with van der Waals surface area (Å²) in [6, 6.07) is 0. The summed E-state index contributed by atoms with van der Waals surface area (Å²) >= 11 is 0. The van der Waals surface area contributed by atoms with Gasteiger partial charge in [-0.1, -0.05) is 0 Å². The fourth-order valence-corrected chi connectivity index (χ4v) is 3.44. The average molecular weight is 234 g/mol. The number of sulfone groups is 1. The van der Waals surface area contributed by atoms with Gasteiger partial charge >= 0.3 is 0 Å². The molecule has 1 aliphatic heterocycles. The minimum absolute atomic E-state index is 0.0101. The van der Waals surface area contributed by atoms with Gasteiger partial charge in [0.25, 0.3) is 0 Å². The highest BCUT2D eigenvalue weighted by Gasteiger charge is 2.27. The minimum atomic E-state index is -2.80. The van der Waals surface area contributed by atoms with Crippen molar-refractivity contribution in [1.82, 2.24) is 10.2 Å². The molecule has 0 aliphatic carbocycles. The maximum atomic E-state index is 11.2. The monoisotopic (exact) mass is 234 g/mol. The van der Waals surface area contributed by atoms with E-state index in [1.54, 1.807) is 14.1 Å². The van der Waals surface area contributed by atoms with Crippen molar-refractivity contribution >= 4 is 15.7 Å². The number of carbonyl (C=O) groups excluding carboxylic acids is 1. The zero-order valence-corrected chi connectivity index (χ0v) is 10.0. The Morgan fingerprint density at radius 1 is 1.47 bits per heavy atom. The molecule has 0 aromatic rings. The topological polar surface area (TPSA) is 66.5 Å². The van der Waals surface area contributed by atoms with E-state index in [1.807, 2.05) is 0 Å². The van der Waals surface area contributed by atoms with Gasteiger partial charge in [-0.2, -0.15) is 0 Å². The van der Waals surface area contributed by atoms with Crippen molar-refractivity contribution in [3.05, 3.63) is 0 Å². The van der Waals surface area contributed by atoms with Gasteiger partial charge in [0.2, 0.25) is 5.91 Å². The van der Waals surface area contributed by atoms with Crippen LogP contribution in [0.4, 0.5) is 0 Å². The van der Waals surface area contributed by atoms with Crippen LogP contribution in [0.25, 0.3) is 0 Å². The largest absolute Gasteiger partial charge is 0.348 e. The lowest BCUT2D eigenvalue weighted by Gasteiger charge is -2.12. The van der Waals surface area contributed by atoms with Crippen molar-refractivity contribution in [3.8, 4) is 0 Å². The summed E-state index contributed by atoms with van der Waals surface area (Å²) in [6.45, 7) is 0.891. The molecule has 0 saturated carbocycles. The third kappa shape index (κ3) is 4.17. The molecule has 1 unspecified atom stereocenters. The molecule has 0 aromatic heterocycles. The van der Waals surface area contributed by atoms with Crippen molar-refractivity contribution in [2.24, 2.45) is 5.92 Å². The number of amides is 1. The van der Waals surface area contributed by atoms with E-state index in [0.717, 1.165) is 0 Å². The zero-order valence-electron chi connectivity index (χ0n) is 9.19. The van der Waals surface area contributed by atoms with E-state index < -0.39 is 9.84 Å². The second kappa shape index (κ2) is 4.94. The number of likely N-dealkylation sites (N-methyl/N-ethyl adjacent to an activating group) is 1. The summed E-state index contributed by atoms with van der Waals surface area (Å²) in [6.07, 6.45) is 0.714. The molecule has 5 nitrogen and oxygen atoms in total. The maximum Gasteiger partial charge on any atom is 0.236 e. The molecule has 6 heteroatoms. The van der Waals surface area contributed by atoms with Gasteiger partial charge in [0.15, 0.2) is 9.84 Å². The Kier molecular flexibility index (Phi) is 4.10. The molecular formula is C9H18N2O3S. The number of carbonyl (C=O) groups is 1. The minimum Gasteiger partial charge on any atom is -0.348 e. The number of hydrogen-bond acceptors (Lipinski definition) is 4. The Morgan fingerprint density at radius 3 is 2.60 bits per heavy atom. The third-order valence-electron chi connectivity index (χ3n) is 2.53. The van der Waals surface area contributed by atoms with Crippen molar-refractivity contribution in [2.45, 2.75) is 6.42 Å². The van der Waals surface area contributed by atoms with Crippen LogP contribution in [0.2, 0.25) is 0 Å². The Bertz CT molecular complexity index is 324. The highest BCUT2D eigenvalue weighted by atomic mass is 32.2. The van der Waals surface area contributed by atoms with Gasteiger partial charge in [-0.15, -0.1) is 0 Å². The van der Waals surface area contributed by atoms with Gasteiger partial charge in [0.05, 0.1) is 18.1 Å². The first-order valence-electron chi connectivity index (χ1n) is 5.02.